The number of nitrogens with zero attached hydrogens (tertiary/aromatic N) is 1. The molecule has 15 heavy (non-hydrogen) atoms. The van der Waals surface area contributed by atoms with Crippen LogP contribution < -0.4 is 10.5 Å². The Hall–Kier alpha value is -1.29. The second-order valence-corrected chi connectivity index (χ2v) is 3.75. The highest BCUT2D eigenvalue weighted by Crippen LogP contribution is 2.27. The van der Waals surface area contributed by atoms with E-state index >= 15 is 0 Å². The van der Waals surface area contributed by atoms with Gasteiger partial charge in [0.05, 0.1) is 19.4 Å². The molecular formula is C11H16N2O2. The van der Waals surface area contributed by atoms with Crippen LogP contribution in [0.15, 0.2) is 12.1 Å². The summed E-state index contributed by atoms with van der Waals surface area (Å²) in [5.41, 5.74) is 7.31. The standard InChI is InChI=1S/C11H16N2O2/c1-14-11-9(12)4-5-10(13-11)8-3-2-6-15-7-8/h4-5,8H,2-3,6-7,12H2,1H3. The number of hydrogen-bond acceptors (Lipinski definition) is 4. The summed E-state index contributed by atoms with van der Waals surface area (Å²) in [5, 5.41) is 0. The highest BCUT2D eigenvalue weighted by molar-refractivity contribution is 5.48. The number of anilines is 1. The van der Waals surface area contributed by atoms with Gasteiger partial charge in [-0.15, -0.1) is 0 Å². The number of pyridine rings is 1. The summed E-state index contributed by atoms with van der Waals surface area (Å²) < 4.78 is 10.5. The van der Waals surface area contributed by atoms with Gasteiger partial charge in [-0.25, -0.2) is 4.98 Å². The maximum Gasteiger partial charge on any atom is 0.237 e. The molecule has 0 amide bonds. The zero-order valence-electron chi connectivity index (χ0n) is 8.90. The van der Waals surface area contributed by atoms with E-state index in [4.69, 9.17) is 15.2 Å². The predicted octanol–water partition coefficient (Wildman–Crippen LogP) is 1.57. The molecule has 1 fully saturated rings. The highest BCUT2D eigenvalue weighted by Gasteiger charge is 2.18. The lowest BCUT2D eigenvalue weighted by Gasteiger charge is -2.21. The number of rotatable bonds is 2. The quantitative estimate of drug-likeness (QED) is 0.801. The van der Waals surface area contributed by atoms with Crippen molar-refractivity contribution in [2.75, 3.05) is 26.1 Å². The summed E-state index contributed by atoms with van der Waals surface area (Å²) in [6.45, 7) is 1.61. The Morgan fingerprint density at radius 2 is 2.40 bits per heavy atom. The Kier molecular flexibility index (Phi) is 3.06. The van der Waals surface area contributed by atoms with Crippen molar-refractivity contribution in [2.24, 2.45) is 0 Å². The molecule has 0 saturated carbocycles. The van der Waals surface area contributed by atoms with Gasteiger partial charge in [-0.1, -0.05) is 0 Å². The van der Waals surface area contributed by atoms with Gasteiger partial charge in [-0.2, -0.15) is 0 Å². The summed E-state index contributed by atoms with van der Waals surface area (Å²) in [6, 6.07) is 3.80. The number of ether oxygens (including phenoxy) is 2. The minimum atomic E-state index is 0.383. The molecule has 1 aromatic heterocycles. The molecule has 1 saturated heterocycles. The molecule has 1 unspecified atom stereocenters. The Morgan fingerprint density at radius 3 is 3.07 bits per heavy atom. The number of aromatic nitrogens is 1. The van der Waals surface area contributed by atoms with Crippen molar-refractivity contribution in [1.82, 2.24) is 4.98 Å². The third-order valence-electron chi connectivity index (χ3n) is 2.68. The maximum atomic E-state index is 5.71. The van der Waals surface area contributed by atoms with Crippen LogP contribution in [-0.4, -0.2) is 25.3 Å². The van der Waals surface area contributed by atoms with Crippen LogP contribution in [0.2, 0.25) is 0 Å². The molecule has 2 rings (SSSR count). The highest BCUT2D eigenvalue weighted by atomic mass is 16.5. The number of nitrogens with two attached hydrogens (primary N) is 1. The lowest BCUT2D eigenvalue weighted by atomic mass is 9.98. The van der Waals surface area contributed by atoms with Crippen molar-refractivity contribution in [3.05, 3.63) is 17.8 Å². The monoisotopic (exact) mass is 208 g/mol. The van der Waals surface area contributed by atoms with Crippen LogP contribution in [0.5, 0.6) is 5.88 Å². The second-order valence-electron chi connectivity index (χ2n) is 3.75. The topological polar surface area (TPSA) is 57.4 Å². The van der Waals surface area contributed by atoms with Crippen LogP contribution in [0.25, 0.3) is 0 Å². The Labute approximate surface area is 89.4 Å². The molecule has 0 radical (unpaired) electrons. The normalized spacial score (nSPS) is 21.3. The molecule has 2 heterocycles. The number of hydrogen-bond donors (Lipinski definition) is 1. The third kappa shape index (κ3) is 2.21. The SMILES string of the molecule is COc1nc(C2CCCOC2)ccc1N. The molecule has 4 nitrogen and oxygen atoms in total. The van der Waals surface area contributed by atoms with Crippen LogP contribution in [0.1, 0.15) is 24.5 Å². The van der Waals surface area contributed by atoms with Crippen molar-refractivity contribution < 1.29 is 9.47 Å². The smallest absolute Gasteiger partial charge is 0.237 e. The molecule has 0 aromatic carbocycles. The van der Waals surface area contributed by atoms with Crippen molar-refractivity contribution in [1.29, 1.82) is 0 Å². The lowest BCUT2D eigenvalue weighted by molar-refractivity contribution is 0.0791. The maximum absolute atomic E-state index is 5.71. The summed E-state index contributed by atoms with van der Waals surface area (Å²) in [4.78, 5) is 4.39. The van der Waals surface area contributed by atoms with Gasteiger partial charge in [0.1, 0.15) is 0 Å². The molecule has 1 aliphatic rings. The Bertz CT molecular complexity index is 335. The van der Waals surface area contributed by atoms with E-state index in [1.807, 2.05) is 12.1 Å². The van der Waals surface area contributed by atoms with Gasteiger partial charge in [-0.05, 0) is 25.0 Å². The summed E-state index contributed by atoms with van der Waals surface area (Å²) >= 11 is 0. The van der Waals surface area contributed by atoms with Gasteiger partial charge < -0.3 is 15.2 Å². The molecule has 1 aromatic rings. The zero-order chi connectivity index (χ0) is 10.7. The van der Waals surface area contributed by atoms with E-state index in [0.717, 1.165) is 31.7 Å². The first-order chi connectivity index (χ1) is 7.31. The van der Waals surface area contributed by atoms with Crippen molar-refractivity contribution in [2.45, 2.75) is 18.8 Å². The molecule has 0 spiro atoms. The molecule has 2 N–H and O–H groups in total. The van der Waals surface area contributed by atoms with E-state index in [9.17, 15) is 0 Å². The van der Waals surface area contributed by atoms with Gasteiger partial charge in [-0.3, -0.25) is 0 Å². The first-order valence-corrected chi connectivity index (χ1v) is 5.19. The Balaban J connectivity index is 2.20. The van der Waals surface area contributed by atoms with Crippen molar-refractivity contribution >= 4 is 5.69 Å². The number of methoxy groups -OCH3 is 1. The fraction of sp³-hybridized carbons (Fsp3) is 0.545. The fourth-order valence-corrected chi connectivity index (χ4v) is 1.83. The van der Waals surface area contributed by atoms with Gasteiger partial charge >= 0.3 is 0 Å². The van der Waals surface area contributed by atoms with Crippen LogP contribution in [0, 0.1) is 0 Å². The Morgan fingerprint density at radius 1 is 1.53 bits per heavy atom. The van der Waals surface area contributed by atoms with E-state index in [2.05, 4.69) is 4.98 Å². The van der Waals surface area contributed by atoms with Gasteiger partial charge in [0, 0.05) is 18.2 Å². The molecule has 1 atom stereocenters. The zero-order valence-corrected chi connectivity index (χ0v) is 8.90. The van der Waals surface area contributed by atoms with Crippen LogP contribution in [0.4, 0.5) is 5.69 Å². The fourth-order valence-electron chi connectivity index (χ4n) is 1.83. The molecule has 1 aliphatic heterocycles. The van der Waals surface area contributed by atoms with Gasteiger partial charge in [0.25, 0.3) is 0 Å². The van der Waals surface area contributed by atoms with Crippen molar-refractivity contribution in [3.8, 4) is 5.88 Å². The molecule has 0 aliphatic carbocycles. The van der Waals surface area contributed by atoms with E-state index in [-0.39, 0.29) is 0 Å². The number of nitrogen functional groups attached to an aromatic ring is 1. The predicted molar refractivity (Wildman–Crippen MR) is 58.0 cm³/mol. The van der Waals surface area contributed by atoms with Crippen LogP contribution in [0.3, 0.4) is 0 Å². The van der Waals surface area contributed by atoms with Crippen LogP contribution >= 0.6 is 0 Å². The molecule has 82 valence electrons. The minimum Gasteiger partial charge on any atom is -0.480 e. The average molecular weight is 208 g/mol. The molecule has 0 bridgehead atoms. The first-order valence-electron chi connectivity index (χ1n) is 5.19. The third-order valence-corrected chi connectivity index (χ3v) is 2.68. The minimum absolute atomic E-state index is 0.383. The van der Waals surface area contributed by atoms with E-state index in [1.165, 1.54) is 0 Å². The molecular weight excluding hydrogens is 192 g/mol. The van der Waals surface area contributed by atoms with Crippen LogP contribution in [-0.2, 0) is 4.74 Å². The molecule has 4 heteroatoms. The average Bonchev–Trinajstić information content (AvgIpc) is 2.31. The lowest BCUT2D eigenvalue weighted by Crippen LogP contribution is -2.16. The largest absolute Gasteiger partial charge is 0.480 e. The summed E-state index contributed by atoms with van der Waals surface area (Å²) in [7, 11) is 1.58. The van der Waals surface area contributed by atoms with Crippen molar-refractivity contribution in [3.63, 3.8) is 0 Å². The van der Waals surface area contributed by atoms with E-state index < -0.39 is 0 Å². The van der Waals surface area contributed by atoms with E-state index in [1.54, 1.807) is 7.11 Å². The van der Waals surface area contributed by atoms with Gasteiger partial charge in [0.2, 0.25) is 5.88 Å². The van der Waals surface area contributed by atoms with E-state index in [0.29, 0.717) is 17.5 Å². The summed E-state index contributed by atoms with van der Waals surface area (Å²) in [5.74, 6) is 0.895. The summed E-state index contributed by atoms with van der Waals surface area (Å²) in [6.07, 6.45) is 2.22. The second kappa shape index (κ2) is 4.49. The van der Waals surface area contributed by atoms with Gasteiger partial charge in [0.15, 0.2) is 0 Å². The first kappa shape index (κ1) is 10.2.